The monoisotopic (exact) mass is 1350 g/mol. The molecule has 28 heteroatoms. The van der Waals surface area contributed by atoms with Gasteiger partial charge in [0.05, 0.1) is 49.7 Å². The van der Waals surface area contributed by atoms with E-state index >= 15 is 0 Å². The molecule has 14 N–H and O–H groups in total. The molecule has 0 spiro atoms. The van der Waals surface area contributed by atoms with Gasteiger partial charge in [-0.15, -0.1) is 0 Å². The highest BCUT2D eigenvalue weighted by Crippen LogP contribution is 2.36. The van der Waals surface area contributed by atoms with Crippen molar-refractivity contribution in [1.82, 2.24) is 31.9 Å². The van der Waals surface area contributed by atoms with Gasteiger partial charge in [0.2, 0.25) is 23.6 Å². The lowest BCUT2D eigenvalue weighted by Gasteiger charge is -2.46. The van der Waals surface area contributed by atoms with Crippen molar-refractivity contribution in [3.63, 3.8) is 0 Å². The minimum absolute atomic E-state index is 0.140. The number of unbranched alkanes of at least 4 members (excludes halogenated alkanes) is 3. The van der Waals surface area contributed by atoms with Crippen molar-refractivity contribution in [3.8, 4) is 22.3 Å². The standard InChI is InChI=1S/C66H88N6O20S2/c1-41(73)71-55-49(75)37-65(63(85)86,91-59(55)57(81)51(77)39-69-61(83)47-23-19-45(20-24-47)43-15-7-5-8-16-43)89-31-13-33-93-35-27-53(79)67-29-11-3-4-12-30-68-54(80)28-36-94-34-14-32-90-66(64(87)88)38-50(76)56(72-42(2)74)60(92-66)58(82)52(78)40-70-62(84)48-25-21-46(22-26-48)44-17-9-6-10-18-44/h5-10,15-26,49-52,55-60,75-78,81-82H,3-4,11-14,27-40H2,1-2H3,(H,67,79)(H,68,80)(H,69,83)(H,70,84)(H,71,73)(H,72,74)(H,85,86)(H,87,88)/t49-,50+,51-,52-,55+,56-,57-,58-,59-,60-,65-,66-/m1/s1. The number of carboxylic acid groups (broad SMARTS) is 2. The lowest BCUT2D eigenvalue weighted by molar-refractivity contribution is -0.310. The number of carboxylic acids is 2. The number of hydrogen-bond acceptors (Lipinski definition) is 20. The summed E-state index contributed by atoms with van der Waals surface area (Å²) in [6, 6.07) is 29.8. The smallest absolute Gasteiger partial charge is 0.364 e. The van der Waals surface area contributed by atoms with Gasteiger partial charge < -0.3 is 91.7 Å². The number of nitrogens with one attached hydrogen (secondary N) is 6. The lowest BCUT2D eigenvalue weighted by atomic mass is 9.88. The number of aliphatic hydroxyl groups excluding tert-OH is 6. The summed E-state index contributed by atoms with van der Waals surface area (Å²) < 4.78 is 23.1. The number of carbonyl (C=O) groups excluding carboxylic acids is 6. The van der Waals surface area contributed by atoms with Gasteiger partial charge in [0.1, 0.15) is 24.4 Å². The van der Waals surface area contributed by atoms with E-state index in [0.717, 1.165) is 61.8 Å². The second-order valence-corrected chi connectivity index (χ2v) is 25.4. The van der Waals surface area contributed by atoms with Crippen LogP contribution in [0.1, 0.15) is 98.8 Å². The van der Waals surface area contributed by atoms with Crippen LogP contribution in [0.5, 0.6) is 0 Å². The largest absolute Gasteiger partial charge is 0.477 e. The molecule has 0 aromatic heterocycles. The average molecular weight is 1350 g/mol. The maximum Gasteiger partial charge on any atom is 0.364 e. The van der Waals surface area contributed by atoms with Gasteiger partial charge in [-0.2, -0.15) is 23.5 Å². The zero-order chi connectivity index (χ0) is 68.2. The molecule has 0 unspecified atom stereocenters. The normalized spacial score (nSPS) is 22.3. The van der Waals surface area contributed by atoms with Gasteiger partial charge >= 0.3 is 11.9 Å². The molecule has 6 rings (SSSR count). The molecular formula is C66H88N6O20S2. The quantitative estimate of drug-likeness (QED) is 0.0285. The molecule has 2 fully saturated rings. The summed E-state index contributed by atoms with van der Waals surface area (Å²) >= 11 is 2.88. The van der Waals surface area contributed by atoms with Gasteiger partial charge in [-0.3, -0.25) is 28.8 Å². The predicted octanol–water partition coefficient (Wildman–Crippen LogP) is 2.35. The molecule has 0 aliphatic carbocycles. The Labute approximate surface area is 554 Å². The number of amides is 6. The van der Waals surface area contributed by atoms with E-state index in [-0.39, 0.29) is 49.0 Å². The van der Waals surface area contributed by atoms with Crippen molar-refractivity contribution in [2.24, 2.45) is 0 Å². The molecule has 6 amide bonds. The minimum Gasteiger partial charge on any atom is -0.477 e. The van der Waals surface area contributed by atoms with Crippen molar-refractivity contribution in [2.75, 3.05) is 62.4 Å². The molecule has 2 saturated heterocycles. The zero-order valence-corrected chi connectivity index (χ0v) is 54.2. The molecular weight excluding hydrogens is 1260 g/mol. The highest BCUT2D eigenvalue weighted by Gasteiger charge is 2.57. The summed E-state index contributed by atoms with van der Waals surface area (Å²) in [5.74, 6) is -8.91. The fourth-order valence-electron chi connectivity index (χ4n) is 10.6. The number of aliphatic carboxylic acids is 2. The summed E-state index contributed by atoms with van der Waals surface area (Å²) in [7, 11) is 0. The summed E-state index contributed by atoms with van der Waals surface area (Å²) in [5.41, 5.74) is 4.21. The number of benzene rings is 4. The Balaban J connectivity index is 0.792. The Morgan fingerprint density at radius 1 is 0.489 bits per heavy atom. The van der Waals surface area contributed by atoms with E-state index in [1.807, 2.05) is 60.7 Å². The third-order valence-corrected chi connectivity index (χ3v) is 17.8. The predicted molar refractivity (Wildman–Crippen MR) is 349 cm³/mol. The van der Waals surface area contributed by atoms with Crippen LogP contribution in [0.4, 0.5) is 0 Å². The maximum atomic E-state index is 13.0. The fourth-order valence-corrected chi connectivity index (χ4v) is 12.3. The fraction of sp³-hybridized carbons (Fsp3) is 0.515. The number of ether oxygens (including phenoxy) is 4. The van der Waals surface area contributed by atoms with Gasteiger partial charge in [0.15, 0.2) is 0 Å². The molecule has 0 saturated carbocycles. The van der Waals surface area contributed by atoms with E-state index in [4.69, 9.17) is 18.9 Å². The first-order valence-corrected chi connectivity index (χ1v) is 33.6. The third kappa shape index (κ3) is 23.4. The molecule has 0 bridgehead atoms. The zero-order valence-electron chi connectivity index (χ0n) is 52.6. The first-order valence-electron chi connectivity index (χ1n) is 31.3. The molecule has 4 aromatic rings. The van der Waals surface area contributed by atoms with E-state index in [1.54, 1.807) is 48.5 Å². The van der Waals surface area contributed by atoms with Crippen molar-refractivity contribution < 1.29 is 98.2 Å². The number of carbonyl (C=O) groups is 8. The van der Waals surface area contributed by atoms with E-state index in [0.29, 0.717) is 48.9 Å². The van der Waals surface area contributed by atoms with Crippen molar-refractivity contribution in [1.29, 1.82) is 0 Å². The van der Waals surface area contributed by atoms with Crippen LogP contribution in [0.2, 0.25) is 0 Å². The first-order chi connectivity index (χ1) is 45.0. The van der Waals surface area contributed by atoms with Gasteiger partial charge in [-0.1, -0.05) is 97.8 Å². The maximum absolute atomic E-state index is 13.0. The molecule has 26 nitrogen and oxygen atoms in total. The molecule has 2 aliphatic rings. The highest BCUT2D eigenvalue weighted by molar-refractivity contribution is 7.99. The Morgan fingerprint density at radius 3 is 1.18 bits per heavy atom. The van der Waals surface area contributed by atoms with Crippen LogP contribution in [-0.4, -0.2) is 223 Å². The second-order valence-electron chi connectivity index (χ2n) is 22.9. The summed E-state index contributed by atoms with van der Waals surface area (Å²) in [6.07, 6.45) is -10.9. The number of thioether (sulfide) groups is 2. The van der Waals surface area contributed by atoms with Crippen LogP contribution in [0.15, 0.2) is 109 Å². The Bertz CT molecular complexity index is 2870. The number of aliphatic hydroxyl groups is 6. The Morgan fingerprint density at radius 2 is 0.840 bits per heavy atom. The Hall–Kier alpha value is -7.06. The van der Waals surface area contributed by atoms with Crippen LogP contribution in [0.25, 0.3) is 22.3 Å². The van der Waals surface area contributed by atoms with Gasteiger partial charge in [0, 0.05) is 88.3 Å². The lowest BCUT2D eigenvalue weighted by Crippen LogP contribution is -2.68. The molecule has 514 valence electrons. The van der Waals surface area contributed by atoms with Gasteiger partial charge in [-0.05, 0) is 83.7 Å². The molecule has 4 aromatic carbocycles. The van der Waals surface area contributed by atoms with Crippen LogP contribution in [0, 0.1) is 0 Å². The summed E-state index contributed by atoms with van der Waals surface area (Å²) in [6.45, 7) is 1.95. The van der Waals surface area contributed by atoms with Crippen molar-refractivity contribution >= 4 is 70.9 Å². The van der Waals surface area contributed by atoms with Gasteiger partial charge in [0.25, 0.3) is 23.4 Å². The van der Waals surface area contributed by atoms with E-state index < -0.39 is 134 Å². The highest BCUT2D eigenvalue weighted by atomic mass is 32.2. The molecule has 12 atom stereocenters. The molecule has 2 aliphatic heterocycles. The van der Waals surface area contributed by atoms with Crippen molar-refractivity contribution in [2.45, 2.75) is 151 Å². The Kier molecular flexibility index (Phi) is 31.1. The summed E-state index contributed by atoms with van der Waals surface area (Å²) in [4.78, 5) is 101. The van der Waals surface area contributed by atoms with E-state index in [1.165, 1.54) is 23.5 Å². The van der Waals surface area contributed by atoms with E-state index in [9.17, 15) is 79.2 Å². The second kappa shape index (κ2) is 38.5. The molecule has 94 heavy (non-hydrogen) atoms. The SMILES string of the molecule is CC(=O)N[C@@H]1[C@H]([C@H](O)[C@H](O)CNC(=O)c2ccc(-c3ccccc3)cc2)O[C@@](OCCCSCCC(=O)NCCCCCCNC(=O)CCSCCCO[C@]2(C(=O)O)C[C@H](O)[C@@H](NC(C)=O)[C@H]([C@H](O)[C@H](O)CNC(=O)c3ccc(-c4ccccc4)cc3)O2)(C(=O)O)C[C@H]1O. The van der Waals surface area contributed by atoms with Crippen LogP contribution in [0.3, 0.4) is 0 Å². The van der Waals surface area contributed by atoms with Crippen LogP contribution >= 0.6 is 23.5 Å². The average Bonchev–Trinajstić information content (AvgIpc) is 0.779. The third-order valence-electron chi connectivity index (χ3n) is 15.7. The van der Waals surface area contributed by atoms with E-state index in [2.05, 4.69) is 31.9 Å². The number of hydrogen-bond donors (Lipinski definition) is 14. The first kappa shape index (κ1) is 76.0. The molecule has 2 heterocycles. The van der Waals surface area contributed by atoms with Crippen LogP contribution in [-0.2, 0) is 47.7 Å². The topological polar surface area (TPSA) is 408 Å². The minimum atomic E-state index is -2.46. The number of rotatable bonds is 39. The molecule has 0 radical (unpaired) electrons. The van der Waals surface area contributed by atoms with Gasteiger partial charge in [-0.25, -0.2) is 9.59 Å². The summed E-state index contributed by atoms with van der Waals surface area (Å²) in [5, 5.41) is 103. The van der Waals surface area contributed by atoms with Crippen LogP contribution < -0.4 is 31.9 Å². The van der Waals surface area contributed by atoms with Crippen molar-refractivity contribution in [3.05, 3.63) is 120 Å².